The normalized spacial score (nSPS) is 12.2. The minimum Gasteiger partial charge on any atom is -0.439 e. The summed E-state index contributed by atoms with van der Waals surface area (Å²) in [5, 5.41) is 2.14. The van der Waals surface area contributed by atoms with Crippen LogP contribution in [0.25, 0.3) is 11.1 Å². The predicted molar refractivity (Wildman–Crippen MR) is 51.7 cm³/mol. The number of halogens is 4. The number of nitrogens with one attached hydrogen (secondary N) is 1. The van der Waals surface area contributed by atoms with Crippen LogP contribution in [0.5, 0.6) is 0 Å². The summed E-state index contributed by atoms with van der Waals surface area (Å²) in [7, 11) is 0. The average Bonchev–Trinajstić information content (AvgIpc) is 2.57. The first-order valence-electron chi connectivity index (χ1n) is 4.76. The summed E-state index contributed by atoms with van der Waals surface area (Å²) in [5.41, 5.74) is 0.629. The van der Waals surface area contributed by atoms with Crippen molar-refractivity contribution < 1.29 is 22.0 Å². The van der Waals surface area contributed by atoms with Gasteiger partial charge in [-0.3, -0.25) is 0 Å². The summed E-state index contributed by atoms with van der Waals surface area (Å²) < 4.78 is 53.5. The highest BCUT2D eigenvalue weighted by Gasteiger charge is 2.26. The van der Waals surface area contributed by atoms with Gasteiger partial charge >= 0.3 is 6.18 Å². The molecule has 7 heteroatoms. The number of hydrogen-bond acceptors (Lipinski definition) is 3. The van der Waals surface area contributed by atoms with Gasteiger partial charge in [-0.05, 0) is 12.1 Å². The van der Waals surface area contributed by atoms with E-state index in [2.05, 4.69) is 10.3 Å². The number of aromatic nitrogens is 1. The third-order valence-corrected chi connectivity index (χ3v) is 2.00. The molecule has 0 atom stereocenters. The van der Waals surface area contributed by atoms with Gasteiger partial charge in [0.15, 0.2) is 5.58 Å². The highest BCUT2D eigenvalue weighted by Crippen LogP contribution is 2.17. The highest BCUT2D eigenvalue weighted by atomic mass is 19.4. The molecule has 0 aliphatic heterocycles. The van der Waals surface area contributed by atoms with Crippen LogP contribution in [0.2, 0.25) is 0 Å². The van der Waals surface area contributed by atoms with E-state index in [0.29, 0.717) is 5.58 Å². The number of hydrogen-bond donors (Lipinski definition) is 1. The molecule has 0 unspecified atom stereocenters. The van der Waals surface area contributed by atoms with Crippen molar-refractivity contribution in [2.45, 2.75) is 12.7 Å². The maximum Gasteiger partial charge on any atom is 0.401 e. The van der Waals surface area contributed by atoms with Crippen molar-refractivity contribution in [1.29, 1.82) is 0 Å². The molecule has 1 heterocycles. The smallest absolute Gasteiger partial charge is 0.401 e. The predicted octanol–water partition coefficient (Wildman–Crippen LogP) is 2.62. The molecule has 0 amide bonds. The summed E-state index contributed by atoms with van der Waals surface area (Å²) in [6.45, 7) is -1.28. The number of benzene rings is 1. The van der Waals surface area contributed by atoms with Crippen molar-refractivity contribution in [3.8, 4) is 0 Å². The first-order valence-corrected chi connectivity index (χ1v) is 4.76. The Morgan fingerprint density at radius 3 is 2.76 bits per heavy atom. The van der Waals surface area contributed by atoms with Crippen molar-refractivity contribution in [2.24, 2.45) is 0 Å². The fraction of sp³-hybridized carbons (Fsp3) is 0.300. The van der Waals surface area contributed by atoms with Crippen molar-refractivity contribution in [2.75, 3.05) is 6.54 Å². The quantitative estimate of drug-likeness (QED) is 0.848. The van der Waals surface area contributed by atoms with Crippen LogP contribution in [-0.4, -0.2) is 17.7 Å². The molecule has 2 rings (SSSR count). The van der Waals surface area contributed by atoms with Gasteiger partial charge in [0.1, 0.15) is 11.3 Å². The summed E-state index contributed by atoms with van der Waals surface area (Å²) in [6.07, 6.45) is -4.28. The van der Waals surface area contributed by atoms with Crippen molar-refractivity contribution in [3.63, 3.8) is 0 Å². The Balaban J connectivity index is 2.05. The third kappa shape index (κ3) is 3.16. The molecule has 0 spiro atoms. The van der Waals surface area contributed by atoms with Gasteiger partial charge in [0.25, 0.3) is 0 Å². The maximum atomic E-state index is 12.8. The largest absolute Gasteiger partial charge is 0.439 e. The molecular formula is C10H8F4N2O. The topological polar surface area (TPSA) is 38.1 Å². The van der Waals surface area contributed by atoms with Crippen LogP contribution in [0.3, 0.4) is 0 Å². The van der Waals surface area contributed by atoms with Gasteiger partial charge in [-0.15, -0.1) is 0 Å². The van der Waals surface area contributed by atoms with E-state index >= 15 is 0 Å². The molecule has 0 fully saturated rings. The van der Waals surface area contributed by atoms with E-state index in [9.17, 15) is 17.6 Å². The molecule has 0 saturated heterocycles. The Morgan fingerprint density at radius 2 is 2.06 bits per heavy atom. The average molecular weight is 248 g/mol. The molecule has 0 aliphatic rings. The first-order chi connectivity index (χ1) is 7.94. The van der Waals surface area contributed by atoms with E-state index in [-0.39, 0.29) is 18.0 Å². The number of nitrogens with zero attached hydrogens (tertiary/aromatic N) is 1. The van der Waals surface area contributed by atoms with E-state index in [1.54, 1.807) is 0 Å². The molecular weight excluding hydrogens is 240 g/mol. The molecule has 1 aromatic heterocycles. The minimum atomic E-state index is -4.28. The lowest BCUT2D eigenvalue weighted by Crippen LogP contribution is -2.28. The minimum absolute atomic E-state index is 0.0925. The van der Waals surface area contributed by atoms with Crippen LogP contribution in [-0.2, 0) is 6.54 Å². The zero-order valence-electron chi connectivity index (χ0n) is 8.51. The van der Waals surface area contributed by atoms with Gasteiger partial charge < -0.3 is 9.73 Å². The van der Waals surface area contributed by atoms with E-state index < -0.39 is 18.5 Å². The Morgan fingerprint density at radius 1 is 1.29 bits per heavy atom. The fourth-order valence-electron chi connectivity index (χ4n) is 1.34. The summed E-state index contributed by atoms with van der Waals surface area (Å²) >= 11 is 0. The zero-order chi connectivity index (χ0) is 12.5. The van der Waals surface area contributed by atoms with Gasteiger partial charge in [0, 0.05) is 6.07 Å². The number of alkyl halides is 3. The van der Waals surface area contributed by atoms with Crippen LogP contribution in [0.15, 0.2) is 22.6 Å². The maximum absolute atomic E-state index is 12.8. The molecule has 1 N–H and O–H groups in total. The van der Waals surface area contributed by atoms with Crippen LogP contribution in [0.4, 0.5) is 17.6 Å². The summed E-state index contributed by atoms with van der Waals surface area (Å²) in [6, 6.07) is 3.73. The lowest BCUT2D eigenvalue weighted by atomic mass is 10.3. The molecule has 0 radical (unpaired) electrons. The number of fused-ring (bicyclic) bond motifs is 1. The molecule has 92 valence electrons. The monoisotopic (exact) mass is 248 g/mol. The van der Waals surface area contributed by atoms with Gasteiger partial charge in [0.2, 0.25) is 5.89 Å². The third-order valence-electron chi connectivity index (χ3n) is 2.00. The highest BCUT2D eigenvalue weighted by molar-refractivity contribution is 5.72. The lowest BCUT2D eigenvalue weighted by Gasteiger charge is -2.05. The fourth-order valence-corrected chi connectivity index (χ4v) is 1.34. The van der Waals surface area contributed by atoms with Gasteiger partial charge in [-0.2, -0.15) is 13.2 Å². The van der Waals surface area contributed by atoms with Crippen LogP contribution >= 0.6 is 0 Å². The molecule has 0 bridgehead atoms. The van der Waals surface area contributed by atoms with E-state index in [0.717, 1.165) is 6.07 Å². The van der Waals surface area contributed by atoms with Gasteiger partial charge in [-0.25, -0.2) is 9.37 Å². The first kappa shape index (κ1) is 11.8. The standard InChI is InChI=1S/C10H8F4N2O/c11-6-1-2-8-7(3-6)16-9(17-8)4-15-5-10(12,13)14/h1-3,15H,4-5H2. The second-order valence-electron chi connectivity index (χ2n) is 3.44. The number of rotatable bonds is 3. The van der Waals surface area contributed by atoms with Gasteiger partial charge in [-0.1, -0.05) is 0 Å². The molecule has 17 heavy (non-hydrogen) atoms. The van der Waals surface area contributed by atoms with Crippen LogP contribution < -0.4 is 5.32 Å². The lowest BCUT2D eigenvalue weighted by molar-refractivity contribution is -0.125. The Kier molecular flexibility index (Phi) is 3.01. The van der Waals surface area contributed by atoms with E-state index in [1.807, 2.05) is 0 Å². The Bertz CT molecular complexity index is 520. The molecule has 3 nitrogen and oxygen atoms in total. The zero-order valence-corrected chi connectivity index (χ0v) is 8.51. The van der Waals surface area contributed by atoms with Crippen molar-refractivity contribution in [1.82, 2.24) is 10.3 Å². The SMILES string of the molecule is Fc1ccc2oc(CNCC(F)(F)F)nc2c1. The summed E-state index contributed by atoms with van der Waals surface area (Å²) in [4.78, 5) is 3.86. The second-order valence-corrected chi connectivity index (χ2v) is 3.44. The summed E-state index contributed by atoms with van der Waals surface area (Å²) in [5.74, 6) is -0.379. The van der Waals surface area contributed by atoms with Crippen LogP contribution in [0.1, 0.15) is 5.89 Å². The second kappa shape index (κ2) is 4.33. The van der Waals surface area contributed by atoms with Crippen molar-refractivity contribution in [3.05, 3.63) is 29.9 Å². The molecule has 2 aromatic rings. The van der Waals surface area contributed by atoms with E-state index in [4.69, 9.17) is 4.42 Å². The molecule has 0 aliphatic carbocycles. The number of oxazole rings is 1. The van der Waals surface area contributed by atoms with Gasteiger partial charge in [0.05, 0.1) is 13.1 Å². The van der Waals surface area contributed by atoms with Crippen molar-refractivity contribution >= 4 is 11.1 Å². The van der Waals surface area contributed by atoms with E-state index in [1.165, 1.54) is 12.1 Å². The Labute approximate surface area is 93.4 Å². The Hall–Kier alpha value is -1.63. The van der Waals surface area contributed by atoms with Crippen LogP contribution in [0, 0.1) is 5.82 Å². The molecule has 1 aromatic carbocycles. The molecule has 0 saturated carbocycles.